The number of hydrogen-bond donors (Lipinski definition) is 2. The molecule has 0 aliphatic rings. The summed E-state index contributed by atoms with van der Waals surface area (Å²) >= 11 is 0. The molecule has 0 unspecified atom stereocenters. The van der Waals surface area contributed by atoms with Gasteiger partial charge in [0.05, 0.1) is 11.3 Å². The molecule has 25 heavy (non-hydrogen) atoms. The first-order valence-corrected chi connectivity index (χ1v) is 6.81. The lowest BCUT2D eigenvalue weighted by atomic mass is 10.0. The average Bonchev–Trinajstić information content (AvgIpc) is 2.56. The molecule has 2 aromatic rings. The van der Waals surface area contributed by atoms with Crippen molar-refractivity contribution in [3.8, 4) is 0 Å². The van der Waals surface area contributed by atoms with Gasteiger partial charge >= 0.3 is 5.97 Å². The second-order valence-corrected chi connectivity index (χ2v) is 4.97. The van der Waals surface area contributed by atoms with Crippen LogP contribution >= 0.6 is 0 Å². The third-order valence-electron chi connectivity index (χ3n) is 3.31. The Kier molecular flexibility index (Phi) is 4.92. The summed E-state index contributed by atoms with van der Waals surface area (Å²) in [6.45, 7) is 2.94. The maximum Gasteiger partial charge on any atom is 0.335 e. The number of benzene rings is 2. The number of carboxylic acid groups (broad SMARTS) is 1. The Hall–Kier alpha value is -3.16. The van der Waals surface area contributed by atoms with Crippen molar-refractivity contribution in [1.29, 1.82) is 0 Å². The van der Waals surface area contributed by atoms with Gasteiger partial charge in [0, 0.05) is 11.1 Å². The van der Waals surface area contributed by atoms with Crippen LogP contribution in [0, 0.1) is 11.6 Å². The minimum Gasteiger partial charge on any atom is -0.478 e. The Morgan fingerprint density at radius 1 is 1.12 bits per heavy atom. The highest BCUT2D eigenvalue weighted by Gasteiger charge is 2.32. The fraction of sp³-hybridized carbons (Fsp3) is 0.0588. The number of carbonyl (C=O) groups is 2. The van der Waals surface area contributed by atoms with E-state index in [1.54, 1.807) is 0 Å². The third-order valence-corrected chi connectivity index (χ3v) is 3.31. The van der Waals surface area contributed by atoms with Gasteiger partial charge in [-0.15, -0.1) is 0 Å². The summed E-state index contributed by atoms with van der Waals surface area (Å²) in [4.78, 5) is 22.9. The van der Waals surface area contributed by atoms with E-state index in [2.05, 4.69) is 11.9 Å². The molecule has 1 amide bonds. The number of rotatable bonds is 5. The molecule has 8 heteroatoms. The molecule has 2 N–H and O–H groups in total. The highest BCUT2D eigenvalue weighted by atomic mass is 19.3. The topological polar surface area (TPSA) is 66.4 Å². The van der Waals surface area contributed by atoms with E-state index in [0.717, 1.165) is 24.3 Å². The van der Waals surface area contributed by atoms with Gasteiger partial charge in [-0.3, -0.25) is 4.79 Å². The highest BCUT2D eigenvalue weighted by molar-refractivity contribution is 6.05. The van der Waals surface area contributed by atoms with Gasteiger partial charge < -0.3 is 10.4 Å². The molecule has 0 saturated heterocycles. The molecule has 2 rings (SSSR count). The minimum atomic E-state index is -3.68. The van der Waals surface area contributed by atoms with Gasteiger partial charge in [0.25, 0.3) is 11.8 Å². The van der Waals surface area contributed by atoms with Gasteiger partial charge in [-0.2, -0.15) is 8.78 Å². The van der Waals surface area contributed by atoms with E-state index in [-0.39, 0.29) is 11.6 Å². The van der Waals surface area contributed by atoms with Crippen LogP contribution in [-0.2, 0) is 5.92 Å². The van der Waals surface area contributed by atoms with E-state index < -0.39 is 46.2 Å². The summed E-state index contributed by atoms with van der Waals surface area (Å²) in [5.41, 5.74) is -2.26. The first-order valence-electron chi connectivity index (χ1n) is 6.81. The second kappa shape index (κ2) is 6.76. The Morgan fingerprint density at radius 2 is 1.80 bits per heavy atom. The van der Waals surface area contributed by atoms with Gasteiger partial charge in [-0.25, -0.2) is 13.6 Å². The largest absolute Gasteiger partial charge is 0.478 e. The van der Waals surface area contributed by atoms with Gasteiger partial charge in [-0.05, 0) is 42.5 Å². The molecule has 0 atom stereocenters. The predicted octanol–water partition coefficient (Wildman–Crippen LogP) is 4.19. The van der Waals surface area contributed by atoms with Gasteiger partial charge in [0.15, 0.2) is 0 Å². The fourth-order valence-corrected chi connectivity index (χ4v) is 2.04. The third kappa shape index (κ3) is 3.85. The molecule has 0 radical (unpaired) electrons. The van der Waals surface area contributed by atoms with E-state index in [4.69, 9.17) is 5.11 Å². The first kappa shape index (κ1) is 18.2. The molecule has 0 aromatic heterocycles. The van der Waals surface area contributed by atoms with Gasteiger partial charge in [0.2, 0.25) is 0 Å². The first-order chi connectivity index (χ1) is 11.7. The smallest absolute Gasteiger partial charge is 0.335 e. The number of hydrogen-bond acceptors (Lipinski definition) is 2. The predicted molar refractivity (Wildman–Crippen MR) is 81.8 cm³/mol. The molecule has 0 spiro atoms. The summed E-state index contributed by atoms with van der Waals surface area (Å²) < 4.78 is 54.8. The van der Waals surface area contributed by atoms with Crippen LogP contribution in [0.25, 0.3) is 0 Å². The monoisotopic (exact) mass is 353 g/mol. The van der Waals surface area contributed by atoms with Crippen LogP contribution in [0.3, 0.4) is 0 Å². The maximum absolute atomic E-state index is 13.8. The Bertz CT molecular complexity index is 865. The molecule has 0 heterocycles. The van der Waals surface area contributed by atoms with Crippen LogP contribution in [0.15, 0.2) is 49.1 Å². The molecule has 0 aliphatic heterocycles. The van der Waals surface area contributed by atoms with Gasteiger partial charge in [-0.1, -0.05) is 6.58 Å². The van der Waals surface area contributed by atoms with Crippen molar-refractivity contribution in [2.75, 3.05) is 5.32 Å². The van der Waals surface area contributed by atoms with Crippen molar-refractivity contribution in [2.45, 2.75) is 5.92 Å². The number of allylic oxidation sites excluding steroid dienone is 1. The quantitative estimate of drug-likeness (QED) is 0.626. The SMILES string of the molecule is C=CC(F)(F)c1cc(F)ccc1C(=O)Nc1ccc(C(=O)O)cc1F. The Labute approximate surface area is 139 Å². The molecular formula is C17H11F4NO3. The molecule has 0 saturated carbocycles. The number of aromatic carboxylic acids is 1. The van der Waals surface area contributed by atoms with Crippen LogP contribution in [0.1, 0.15) is 26.3 Å². The number of carboxylic acids is 1. The average molecular weight is 353 g/mol. The summed E-state index contributed by atoms with van der Waals surface area (Å²) in [6, 6.07) is 4.81. The lowest BCUT2D eigenvalue weighted by Gasteiger charge is -2.16. The molecular weight excluding hydrogens is 342 g/mol. The van der Waals surface area contributed by atoms with Crippen LogP contribution in [-0.4, -0.2) is 17.0 Å². The molecule has 0 fully saturated rings. The van der Waals surface area contributed by atoms with Crippen molar-refractivity contribution >= 4 is 17.6 Å². The highest BCUT2D eigenvalue weighted by Crippen LogP contribution is 2.32. The summed E-state index contributed by atoms with van der Waals surface area (Å²) in [5, 5.41) is 10.8. The molecule has 130 valence electrons. The number of halogens is 4. The van der Waals surface area contributed by atoms with E-state index in [0.29, 0.717) is 12.1 Å². The van der Waals surface area contributed by atoms with Crippen LogP contribution in [0.5, 0.6) is 0 Å². The number of nitrogens with one attached hydrogen (secondary N) is 1. The summed E-state index contributed by atoms with van der Waals surface area (Å²) in [6.07, 6.45) is 0.251. The van der Waals surface area contributed by atoms with Crippen LogP contribution in [0.4, 0.5) is 23.2 Å². The van der Waals surface area contributed by atoms with E-state index in [1.807, 2.05) is 0 Å². The molecule has 2 aromatic carbocycles. The number of alkyl halides is 2. The lowest BCUT2D eigenvalue weighted by Crippen LogP contribution is -2.21. The van der Waals surface area contributed by atoms with Crippen LogP contribution < -0.4 is 5.32 Å². The van der Waals surface area contributed by atoms with E-state index >= 15 is 0 Å². The lowest BCUT2D eigenvalue weighted by molar-refractivity contribution is 0.0506. The molecule has 0 aliphatic carbocycles. The normalized spacial score (nSPS) is 11.0. The Morgan fingerprint density at radius 3 is 2.36 bits per heavy atom. The molecule has 0 bridgehead atoms. The summed E-state index contributed by atoms with van der Waals surface area (Å²) in [7, 11) is 0. The minimum absolute atomic E-state index is 0.251. The van der Waals surface area contributed by atoms with Crippen molar-refractivity contribution in [2.24, 2.45) is 0 Å². The van der Waals surface area contributed by atoms with Gasteiger partial charge in [0.1, 0.15) is 11.6 Å². The fourth-order valence-electron chi connectivity index (χ4n) is 2.04. The number of anilines is 1. The number of amides is 1. The Balaban J connectivity index is 2.39. The van der Waals surface area contributed by atoms with Crippen molar-refractivity contribution < 1.29 is 32.3 Å². The van der Waals surface area contributed by atoms with Crippen molar-refractivity contribution in [3.05, 3.63) is 77.4 Å². The van der Waals surface area contributed by atoms with Crippen LogP contribution in [0.2, 0.25) is 0 Å². The zero-order valence-electron chi connectivity index (χ0n) is 12.5. The standard InChI is InChI=1S/C17H11F4NO3/c1-2-17(20,21)12-8-10(18)4-5-11(12)15(23)22-14-6-3-9(16(24)25)7-13(14)19/h2-8H,1H2,(H,22,23)(H,24,25). The molecule has 4 nitrogen and oxygen atoms in total. The second-order valence-electron chi connectivity index (χ2n) is 4.97. The van der Waals surface area contributed by atoms with Crippen molar-refractivity contribution in [1.82, 2.24) is 0 Å². The number of carbonyl (C=O) groups excluding carboxylic acids is 1. The van der Waals surface area contributed by atoms with Crippen molar-refractivity contribution in [3.63, 3.8) is 0 Å². The van der Waals surface area contributed by atoms with E-state index in [9.17, 15) is 27.2 Å². The zero-order chi connectivity index (χ0) is 18.8. The van der Waals surface area contributed by atoms with E-state index in [1.165, 1.54) is 0 Å². The summed E-state index contributed by atoms with van der Waals surface area (Å²) in [5.74, 6) is -8.21. The maximum atomic E-state index is 13.8. The zero-order valence-corrected chi connectivity index (χ0v) is 12.5.